The van der Waals surface area contributed by atoms with Gasteiger partial charge in [-0.3, -0.25) is 0 Å². The minimum absolute atomic E-state index is 0.668. The fourth-order valence-corrected chi connectivity index (χ4v) is 2.90. The van der Waals surface area contributed by atoms with Crippen molar-refractivity contribution in [3.05, 3.63) is 24.3 Å². The predicted molar refractivity (Wildman–Crippen MR) is 80.4 cm³/mol. The quantitative estimate of drug-likeness (QED) is 0.859. The van der Waals surface area contributed by atoms with Crippen LogP contribution < -0.4 is 10.2 Å². The van der Waals surface area contributed by atoms with Crippen molar-refractivity contribution in [3.63, 3.8) is 0 Å². The molecule has 1 aliphatic carbocycles. The molecule has 2 rings (SSSR count). The van der Waals surface area contributed by atoms with E-state index in [-0.39, 0.29) is 0 Å². The molecule has 0 aromatic heterocycles. The minimum Gasteiger partial charge on any atom is -0.382 e. The Morgan fingerprint density at radius 1 is 1.28 bits per heavy atom. The summed E-state index contributed by atoms with van der Waals surface area (Å²) in [5.41, 5.74) is 2.53. The first-order valence-electron chi connectivity index (χ1n) is 7.23. The Balaban J connectivity index is 1.98. The Bertz CT molecular complexity index is 373. The number of benzene rings is 1. The highest BCUT2D eigenvalue weighted by Gasteiger charge is 2.20. The second kappa shape index (κ2) is 6.12. The summed E-state index contributed by atoms with van der Waals surface area (Å²) < 4.78 is 0. The fraction of sp³-hybridized carbons (Fsp3) is 0.625. The molecular formula is C16H26N2. The van der Waals surface area contributed by atoms with Gasteiger partial charge in [0.05, 0.1) is 0 Å². The van der Waals surface area contributed by atoms with Crippen molar-refractivity contribution in [2.24, 2.45) is 5.92 Å². The Kier molecular flexibility index (Phi) is 4.51. The average Bonchev–Trinajstić information content (AvgIpc) is 2.39. The van der Waals surface area contributed by atoms with E-state index >= 15 is 0 Å². The molecule has 0 heterocycles. The zero-order valence-corrected chi connectivity index (χ0v) is 11.9. The van der Waals surface area contributed by atoms with Crippen molar-refractivity contribution in [1.82, 2.24) is 0 Å². The highest BCUT2D eigenvalue weighted by Crippen LogP contribution is 2.29. The van der Waals surface area contributed by atoms with Crippen LogP contribution in [0, 0.1) is 5.92 Å². The van der Waals surface area contributed by atoms with Gasteiger partial charge in [-0.1, -0.05) is 32.3 Å². The van der Waals surface area contributed by atoms with E-state index in [1.54, 1.807) is 0 Å². The highest BCUT2D eigenvalue weighted by molar-refractivity contribution is 5.57. The third-order valence-corrected chi connectivity index (χ3v) is 4.09. The van der Waals surface area contributed by atoms with E-state index in [1.807, 2.05) is 0 Å². The van der Waals surface area contributed by atoms with Gasteiger partial charge in [0.2, 0.25) is 0 Å². The molecule has 1 aliphatic rings. The third kappa shape index (κ3) is 3.41. The van der Waals surface area contributed by atoms with Crippen molar-refractivity contribution < 1.29 is 0 Å². The van der Waals surface area contributed by atoms with Crippen LogP contribution in [0.4, 0.5) is 11.4 Å². The summed E-state index contributed by atoms with van der Waals surface area (Å²) in [5.74, 6) is 0.924. The van der Waals surface area contributed by atoms with Crippen LogP contribution >= 0.6 is 0 Å². The van der Waals surface area contributed by atoms with Gasteiger partial charge in [0.1, 0.15) is 0 Å². The summed E-state index contributed by atoms with van der Waals surface area (Å²) in [6.07, 6.45) is 6.79. The number of hydrogen-bond acceptors (Lipinski definition) is 2. The highest BCUT2D eigenvalue weighted by atomic mass is 15.1. The van der Waals surface area contributed by atoms with Crippen LogP contribution in [0.5, 0.6) is 0 Å². The molecule has 2 atom stereocenters. The number of anilines is 2. The standard InChI is InChI=1S/C16H26N2/c1-4-13-7-5-8-14(11-13)17-15-9-6-10-16(12-15)18(2)3/h6,9-10,12-14,17H,4-5,7-8,11H2,1-3H3. The van der Waals surface area contributed by atoms with E-state index in [9.17, 15) is 0 Å². The molecule has 0 bridgehead atoms. The van der Waals surface area contributed by atoms with Gasteiger partial charge in [-0.15, -0.1) is 0 Å². The van der Waals surface area contributed by atoms with Gasteiger partial charge in [-0.25, -0.2) is 0 Å². The van der Waals surface area contributed by atoms with Gasteiger partial charge in [0.25, 0.3) is 0 Å². The molecule has 0 radical (unpaired) electrons. The largest absolute Gasteiger partial charge is 0.382 e. The van der Waals surface area contributed by atoms with E-state index in [0.717, 1.165) is 5.92 Å². The lowest BCUT2D eigenvalue weighted by Gasteiger charge is -2.30. The van der Waals surface area contributed by atoms with Crippen LogP contribution in [0.25, 0.3) is 0 Å². The molecule has 1 aromatic carbocycles. The summed E-state index contributed by atoms with van der Waals surface area (Å²) in [7, 11) is 4.18. The van der Waals surface area contributed by atoms with Crippen LogP contribution in [0.1, 0.15) is 39.0 Å². The number of hydrogen-bond donors (Lipinski definition) is 1. The van der Waals surface area contributed by atoms with Gasteiger partial charge in [0, 0.05) is 31.5 Å². The molecule has 2 heteroatoms. The van der Waals surface area contributed by atoms with Crippen molar-refractivity contribution in [2.75, 3.05) is 24.3 Å². The molecular weight excluding hydrogens is 220 g/mol. The van der Waals surface area contributed by atoms with Crippen molar-refractivity contribution in [3.8, 4) is 0 Å². The molecule has 1 fully saturated rings. The van der Waals surface area contributed by atoms with Crippen LogP contribution in [0.3, 0.4) is 0 Å². The molecule has 1 N–H and O–H groups in total. The normalized spacial score (nSPS) is 23.7. The molecule has 2 unspecified atom stereocenters. The molecule has 1 saturated carbocycles. The minimum atomic E-state index is 0.668. The summed E-state index contributed by atoms with van der Waals surface area (Å²) >= 11 is 0. The molecule has 0 spiro atoms. The maximum Gasteiger partial charge on any atom is 0.0381 e. The van der Waals surface area contributed by atoms with Gasteiger partial charge in [-0.2, -0.15) is 0 Å². The maximum absolute atomic E-state index is 3.71. The zero-order valence-electron chi connectivity index (χ0n) is 11.9. The molecule has 0 saturated heterocycles. The number of rotatable bonds is 4. The van der Waals surface area contributed by atoms with Crippen LogP contribution in [0.2, 0.25) is 0 Å². The molecule has 0 aliphatic heterocycles. The summed E-state index contributed by atoms with van der Waals surface area (Å²) in [6, 6.07) is 9.39. The molecule has 100 valence electrons. The summed E-state index contributed by atoms with van der Waals surface area (Å²) in [4.78, 5) is 2.15. The monoisotopic (exact) mass is 246 g/mol. The zero-order chi connectivity index (χ0) is 13.0. The Morgan fingerprint density at radius 3 is 2.83 bits per heavy atom. The van der Waals surface area contributed by atoms with E-state index in [4.69, 9.17) is 0 Å². The van der Waals surface area contributed by atoms with Crippen LogP contribution in [-0.2, 0) is 0 Å². The first-order valence-corrected chi connectivity index (χ1v) is 7.23. The summed E-state index contributed by atoms with van der Waals surface area (Å²) in [5, 5.41) is 3.71. The SMILES string of the molecule is CCC1CCCC(Nc2cccc(N(C)C)c2)C1. The predicted octanol–water partition coefficient (Wildman–Crippen LogP) is 4.13. The van der Waals surface area contributed by atoms with E-state index in [0.29, 0.717) is 6.04 Å². The third-order valence-electron chi connectivity index (χ3n) is 4.09. The second-order valence-electron chi connectivity index (χ2n) is 5.73. The van der Waals surface area contributed by atoms with Crippen molar-refractivity contribution >= 4 is 11.4 Å². The Hall–Kier alpha value is -1.18. The van der Waals surface area contributed by atoms with Crippen molar-refractivity contribution in [2.45, 2.75) is 45.1 Å². The topological polar surface area (TPSA) is 15.3 Å². The van der Waals surface area contributed by atoms with E-state index in [2.05, 4.69) is 55.5 Å². The second-order valence-corrected chi connectivity index (χ2v) is 5.73. The van der Waals surface area contributed by atoms with Gasteiger partial charge < -0.3 is 10.2 Å². The molecule has 2 nitrogen and oxygen atoms in total. The van der Waals surface area contributed by atoms with Crippen LogP contribution in [0.15, 0.2) is 24.3 Å². The van der Waals surface area contributed by atoms with Crippen molar-refractivity contribution in [1.29, 1.82) is 0 Å². The maximum atomic E-state index is 3.71. The van der Waals surface area contributed by atoms with E-state index < -0.39 is 0 Å². The summed E-state index contributed by atoms with van der Waals surface area (Å²) in [6.45, 7) is 2.32. The van der Waals surface area contributed by atoms with Crippen LogP contribution in [-0.4, -0.2) is 20.1 Å². The fourth-order valence-electron chi connectivity index (χ4n) is 2.90. The van der Waals surface area contributed by atoms with Gasteiger partial charge >= 0.3 is 0 Å². The van der Waals surface area contributed by atoms with Gasteiger partial charge in [0.15, 0.2) is 0 Å². The van der Waals surface area contributed by atoms with Gasteiger partial charge in [-0.05, 0) is 37.0 Å². The first-order chi connectivity index (χ1) is 8.69. The molecule has 0 amide bonds. The number of nitrogens with zero attached hydrogens (tertiary/aromatic N) is 1. The average molecular weight is 246 g/mol. The Morgan fingerprint density at radius 2 is 2.11 bits per heavy atom. The molecule has 1 aromatic rings. The first kappa shape index (κ1) is 13.3. The smallest absolute Gasteiger partial charge is 0.0381 e. The lowest BCUT2D eigenvalue weighted by atomic mass is 9.84. The molecule has 18 heavy (non-hydrogen) atoms. The van der Waals surface area contributed by atoms with E-state index in [1.165, 1.54) is 43.5 Å². The lowest BCUT2D eigenvalue weighted by molar-refractivity contribution is 0.327. The Labute approximate surface area is 111 Å². The number of nitrogens with one attached hydrogen (secondary N) is 1. The lowest BCUT2D eigenvalue weighted by Crippen LogP contribution is -2.27.